The monoisotopic (exact) mass is 397 g/mol. The van der Waals surface area contributed by atoms with E-state index in [1.54, 1.807) is 6.92 Å². The quantitative estimate of drug-likeness (QED) is 0.609. The molecule has 0 fully saturated rings. The molecule has 4 nitrogen and oxygen atoms in total. The Bertz CT molecular complexity index is 821. The zero-order valence-electron chi connectivity index (χ0n) is 18.8. The van der Waals surface area contributed by atoms with Gasteiger partial charge in [-0.3, -0.25) is 4.79 Å². The van der Waals surface area contributed by atoms with E-state index in [4.69, 9.17) is 9.47 Å². The van der Waals surface area contributed by atoms with Gasteiger partial charge in [-0.15, -0.1) is 0 Å². The molecule has 2 rings (SSSR count). The predicted octanol–water partition coefficient (Wildman–Crippen LogP) is 5.38. The van der Waals surface area contributed by atoms with Crippen LogP contribution < -0.4 is 14.8 Å². The fraction of sp³-hybridized carbons (Fsp3) is 0.480. The lowest BCUT2D eigenvalue weighted by atomic mass is 9.86. The number of rotatable bonds is 8. The molecule has 0 aromatic heterocycles. The fourth-order valence-electron chi connectivity index (χ4n) is 3.16. The molecule has 0 heterocycles. The van der Waals surface area contributed by atoms with Gasteiger partial charge in [0.1, 0.15) is 18.1 Å². The highest BCUT2D eigenvalue weighted by Gasteiger charge is 2.19. The molecule has 0 unspecified atom stereocenters. The van der Waals surface area contributed by atoms with Crippen molar-refractivity contribution >= 4 is 5.91 Å². The second-order valence-electron chi connectivity index (χ2n) is 8.84. The smallest absolute Gasteiger partial charge is 0.260 e. The summed E-state index contributed by atoms with van der Waals surface area (Å²) in [6, 6.07) is 14.2. The predicted molar refractivity (Wildman–Crippen MR) is 119 cm³/mol. The first-order valence-corrected chi connectivity index (χ1v) is 10.4. The van der Waals surface area contributed by atoms with Gasteiger partial charge in [0.25, 0.3) is 5.91 Å². The molecule has 0 aliphatic heterocycles. The standard InChI is InChI=1S/C25H35NO3/c1-17(2)20-13-12-18(3)16-23(20)29-19(4)24(27)26-14-15-28-22-11-9-8-10-21(22)25(5,6)7/h8-13,16-17,19H,14-15H2,1-7H3,(H,26,27)/t19-/m1/s1. The number of nitrogens with one attached hydrogen (secondary N) is 1. The highest BCUT2D eigenvalue weighted by Crippen LogP contribution is 2.31. The van der Waals surface area contributed by atoms with Crippen molar-refractivity contribution in [3.05, 3.63) is 59.2 Å². The third-order valence-corrected chi connectivity index (χ3v) is 4.82. The van der Waals surface area contributed by atoms with E-state index in [0.717, 1.165) is 28.2 Å². The van der Waals surface area contributed by atoms with Crippen molar-refractivity contribution < 1.29 is 14.3 Å². The minimum absolute atomic E-state index is 0.00410. The van der Waals surface area contributed by atoms with Crippen LogP contribution in [-0.2, 0) is 10.2 Å². The van der Waals surface area contributed by atoms with Crippen LogP contribution in [0.3, 0.4) is 0 Å². The zero-order valence-corrected chi connectivity index (χ0v) is 18.8. The lowest BCUT2D eigenvalue weighted by Gasteiger charge is -2.23. The summed E-state index contributed by atoms with van der Waals surface area (Å²) < 4.78 is 11.9. The summed E-state index contributed by atoms with van der Waals surface area (Å²) in [5.74, 6) is 1.82. The molecule has 1 atom stereocenters. The molecule has 4 heteroatoms. The van der Waals surface area contributed by atoms with E-state index in [-0.39, 0.29) is 11.3 Å². The average Bonchev–Trinajstić information content (AvgIpc) is 2.64. The van der Waals surface area contributed by atoms with Gasteiger partial charge in [0.05, 0.1) is 6.54 Å². The SMILES string of the molecule is Cc1ccc(C(C)C)c(O[C@H](C)C(=O)NCCOc2ccccc2C(C)(C)C)c1. The average molecular weight is 398 g/mol. The first kappa shape index (κ1) is 22.8. The zero-order chi connectivity index (χ0) is 21.6. The molecule has 1 amide bonds. The Kier molecular flexibility index (Phi) is 7.72. The van der Waals surface area contributed by atoms with Crippen LogP contribution in [0.25, 0.3) is 0 Å². The van der Waals surface area contributed by atoms with Gasteiger partial charge in [0.15, 0.2) is 6.10 Å². The Hall–Kier alpha value is -2.49. The third-order valence-electron chi connectivity index (χ3n) is 4.82. The Labute approximate surface area is 175 Å². The van der Waals surface area contributed by atoms with Crippen molar-refractivity contribution in [2.45, 2.75) is 65.9 Å². The Morgan fingerprint density at radius 1 is 1.03 bits per heavy atom. The maximum absolute atomic E-state index is 12.5. The van der Waals surface area contributed by atoms with Crippen LogP contribution in [0.2, 0.25) is 0 Å². The second kappa shape index (κ2) is 9.82. The number of aryl methyl sites for hydroxylation is 1. The maximum atomic E-state index is 12.5. The van der Waals surface area contributed by atoms with Crippen LogP contribution in [0.1, 0.15) is 64.2 Å². The van der Waals surface area contributed by atoms with Crippen LogP contribution in [0.5, 0.6) is 11.5 Å². The first-order chi connectivity index (χ1) is 13.6. The van der Waals surface area contributed by atoms with E-state index in [1.165, 1.54) is 0 Å². The van der Waals surface area contributed by atoms with E-state index in [9.17, 15) is 4.79 Å². The topological polar surface area (TPSA) is 47.6 Å². The molecule has 0 aliphatic carbocycles. The molecule has 0 saturated carbocycles. The van der Waals surface area contributed by atoms with Crippen LogP contribution in [-0.4, -0.2) is 25.2 Å². The number of amides is 1. The summed E-state index contributed by atoms with van der Waals surface area (Å²) in [5, 5.41) is 2.91. The molecule has 158 valence electrons. The number of hydrogen-bond donors (Lipinski definition) is 1. The van der Waals surface area contributed by atoms with Crippen LogP contribution in [0.15, 0.2) is 42.5 Å². The van der Waals surface area contributed by atoms with Crippen molar-refractivity contribution in [3.63, 3.8) is 0 Å². The third kappa shape index (κ3) is 6.52. The fourth-order valence-corrected chi connectivity index (χ4v) is 3.16. The number of benzene rings is 2. The second-order valence-corrected chi connectivity index (χ2v) is 8.84. The van der Waals surface area contributed by atoms with E-state index < -0.39 is 6.10 Å². The molecule has 0 aliphatic rings. The van der Waals surface area contributed by atoms with Crippen molar-refractivity contribution in [2.24, 2.45) is 0 Å². The summed E-state index contributed by atoms with van der Waals surface area (Å²) in [4.78, 5) is 12.5. The highest BCUT2D eigenvalue weighted by atomic mass is 16.5. The maximum Gasteiger partial charge on any atom is 0.260 e. The van der Waals surface area contributed by atoms with Crippen molar-refractivity contribution in [3.8, 4) is 11.5 Å². The first-order valence-electron chi connectivity index (χ1n) is 10.4. The van der Waals surface area contributed by atoms with Crippen LogP contribution in [0.4, 0.5) is 0 Å². The van der Waals surface area contributed by atoms with Gasteiger partial charge in [-0.1, -0.05) is 65.0 Å². The molecule has 0 bridgehead atoms. The van der Waals surface area contributed by atoms with Crippen molar-refractivity contribution in [2.75, 3.05) is 13.2 Å². The van der Waals surface area contributed by atoms with Gasteiger partial charge in [0.2, 0.25) is 0 Å². The van der Waals surface area contributed by atoms with Gasteiger partial charge in [0, 0.05) is 0 Å². The summed E-state index contributed by atoms with van der Waals surface area (Å²) in [5.41, 5.74) is 3.38. The Morgan fingerprint density at radius 3 is 2.38 bits per heavy atom. The number of ether oxygens (including phenoxy) is 2. The van der Waals surface area contributed by atoms with Crippen LogP contribution in [0, 0.1) is 6.92 Å². The summed E-state index contributed by atoms with van der Waals surface area (Å²) in [7, 11) is 0. The van der Waals surface area contributed by atoms with Crippen LogP contribution >= 0.6 is 0 Å². The Balaban J connectivity index is 1.89. The number of carbonyl (C=O) groups excluding carboxylic acids is 1. The molecule has 2 aromatic rings. The summed E-state index contributed by atoms with van der Waals surface area (Å²) >= 11 is 0. The van der Waals surface area contributed by atoms with Gasteiger partial charge in [-0.2, -0.15) is 0 Å². The molecule has 0 radical (unpaired) electrons. The molecule has 2 aromatic carbocycles. The molecular weight excluding hydrogens is 362 g/mol. The highest BCUT2D eigenvalue weighted by molar-refractivity contribution is 5.80. The van der Waals surface area contributed by atoms with Gasteiger partial charge in [-0.05, 0) is 54.0 Å². The minimum atomic E-state index is -0.573. The number of para-hydroxylation sites is 1. The largest absolute Gasteiger partial charge is 0.491 e. The molecule has 0 spiro atoms. The number of hydrogen-bond acceptors (Lipinski definition) is 3. The molecule has 0 saturated heterocycles. The Morgan fingerprint density at radius 2 is 1.72 bits per heavy atom. The van der Waals surface area contributed by atoms with Crippen molar-refractivity contribution in [1.29, 1.82) is 0 Å². The molecule has 1 N–H and O–H groups in total. The van der Waals surface area contributed by atoms with E-state index in [1.807, 2.05) is 31.2 Å². The minimum Gasteiger partial charge on any atom is -0.491 e. The molecule has 29 heavy (non-hydrogen) atoms. The van der Waals surface area contributed by atoms with Gasteiger partial charge >= 0.3 is 0 Å². The lowest BCUT2D eigenvalue weighted by molar-refractivity contribution is -0.127. The normalized spacial score (nSPS) is 12.6. The summed E-state index contributed by atoms with van der Waals surface area (Å²) in [6.07, 6.45) is -0.573. The lowest BCUT2D eigenvalue weighted by Crippen LogP contribution is -2.38. The summed E-state index contributed by atoms with van der Waals surface area (Å²) in [6.45, 7) is 15.4. The van der Waals surface area contributed by atoms with Gasteiger partial charge < -0.3 is 14.8 Å². The van der Waals surface area contributed by atoms with Crippen molar-refractivity contribution in [1.82, 2.24) is 5.32 Å². The van der Waals surface area contributed by atoms with E-state index >= 15 is 0 Å². The molecular formula is C25H35NO3. The number of carbonyl (C=O) groups is 1. The van der Waals surface area contributed by atoms with E-state index in [0.29, 0.717) is 19.1 Å². The van der Waals surface area contributed by atoms with Gasteiger partial charge in [-0.25, -0.2) is 0 Å². The van der Waals surface area contributed by atoms with E-state index in [2.05, 4.69) is 58.1 Å².